The van der Waals surface area contributed by atoms with Crippen molar-refractivity contribution >= 4 is 0 Å². The molecular weight excluding hydrogens is 324 g/mol. The second-order valence-electron chi connectivity index (χ2n) is 6.56. The topological polar surface area (TPSA) is 57.1 Å². The Morgan fingerprint density at radius 1 is 1.00 bits per heavy atom. The van der Waals surface area contributed by atoms with E-state index in [9.17, 15) is 0 Å². The highest BCUT2D eigenvalue weighted by Crippen LogP contribution is 2.23. The SMILES string of the molecule is CCN(CC)Cc1ccc(CNCc2cn[nH]c2-c2ccc(C)o2)cc1. The van der Waals surface area contributed by atoms with Crippen LogP contribution in [0, 0.1) is 6.92 Å². The molecule has 0 fully saturated rings. The normalized spacial score (nSPS) is 11.4. The summed E-state index contributed by atoms with van der Waals surface area (Å²) in [6, 6.07) is 12.8. The number of aryl methyl sites for hydroxylation is 1. The molecule has 0 saturated heterocycles. The lowest BCUT2D eigenvalue weighted by Gasteiger charge is -2.18. The third-order valence-electron chi connectivity index (χ3n) is 4.67. The second-order valence-corrected chi connectivity index (χ2v) is 6.56. The number of aromatic nitrogens is 2. The molecule has 0 amide bonds. The number of rotatable bonds is 9. The van der Waals surface area contributed by atoms with Crippen LogP contribution in [0.3, 0.4) is 0 Å². The number of nitrogens with one attached hydrogen (secondary N) is 2. The van der Waals surface area contributed by atoms with E-state index in [0.717, 1.165) is 55.5 Å². The molecule has 138 valence electrons. The number of hydrogen-bond donors (Lipinski definition) is 2. The minimum Gasteiger partial charge on any atom is -0.460 e. The number of aromatic amines is 1. The molecule has 0 bridgehead atoms. The van der Waals surface area contributed by atoms with Crippen molar-refractivity contribution in [2.24, 2.45) is 0 Å². The van der Waals surface area contributed by atoms with Crippen molar-refractivity contribution in [3.05, 3.63) is 65.0 Å². The van der Waals surface area contributed by atoms with Gasteiger partial charge in [-0.15, -0.1) is 0 Å². The number of benzene rings is 1. The van der Waals surface area contributed by atoms with Gasteiger partial charge in [-0.1, -0.05) is 38.1 Å². The highest BCUT2D eigenvalue weighted by molar-refractivity contribution is 5.56. The summed E-state index contributed by atoms with van der Waals surface area (Å²) < 4.78 is 5.69. The lowest BCUT2D eigenvalue weighted by atomic mass is 10.1. The van der Waals surface area contributed by atoms with Gasteiger partial charge in [0.1, 0.15) is 11.5 Å². The molecule has 3 aromatic rings. The fourth-order valence-corrected chi connectivity index (χ4v) is 3.04. The molecule has 0 atom stereocenters. The number of furan rings is 1. The Labute approximate surface area is 155 Å². The first-order valence-electron chi connectivity index (χ1n) is 9.29. The van der Waals surface area contributed by atoms with Crippen LogP contribution in [0.5, 0.6) is 0 Å². The van der Waals surface area contributed by atoms with E-state index in [-0.39, 0.29) is 0 Å². The van der Waals surface area contributed by atoms with Gasteiger partial charge < -0.3 is 9.73 Å². The predicted molar refractivity (Wildman–Crippen MR) is 105 cm³/mol. The Hall–Kier alpha value is -2.37. The summed E-state index contributed by atoms with van der Waals surface area (Å²) >= 11 is 0. The summed E-state index contributed by atoms with van der Waals surface area (Å²) in [6.45, 7) is 11.1. The van der Waals surface area contributed by atoms with Crippen LogP contribution < -0.4 is 5.32 Å². The van der Waals surface area contributed by atoms with E-state index in [0.29, 0.717) is 0 Å². The Balaban J connectivity index is 1.53. The van der Waals surface area contributed by atoms with E-state index < -0.39 is 0 Å². The van der Waals surface area contributed by atoms with Gasteiger partial charge in [-0.3, -0.25) is 10.00 Å². The summed E-state index contributed by atoms with van der Waals surface area (Å²) in [4.78, 5) is 2.42. The first-order chi connectivity index (χ1) is 12.7. The third-order valence-corrected chi connectivity index (χ3v) is 4.67. The number of hydrogen-bond acceptors (Lipinski definition) is 4. The van der Waals surface area contributed by atoms with Gasteiger partial charge in [-0.05, 0) is 43.3 Å². The first kappa shape index (κ1) is 18.4. The van der Waals surface area contributed by atoms with Gasteiger partial charge >= 0.3 is 0 Å². The van der Waals surface area contributed by atoms with Crippen molar-refractivity contribution in [3.8, 4) is 11.5 Å². The zero-order chi connectivity index (χ0) is 18.4. The van der Waals surface area contributed by atoms with E-state index in [4.69, 9.17) is 4.42 Å². The molecule has 1 aromatic carbocycles. The van der Waals surface area contributed by atoms with Gasteiger partial charge in [0.25, 0.3) is 0 Å². The van der Waals surface area contributed by atoms with Crippen LogP contribution in [0.2, 0.25) is 0 Å². The van der Waals surface area contributed by atoms with Gasteiger partial charge in [0.2, 0.25) is 0 Å². The third kappa shape index (κ3) is 4.62. The molecule has 0 spiro atoms. The zero-order valence-corrected chi connectivity index (χ0v) is 15.9. The van der Waals surface area contributed by atoms with Gasteiger partial charge in [-0.2, -0.15) is 5.10 Å². The molecule has 0 aliphatic carbocycles. The molecule has 0 saturated carbocycles. The largest absolute Gasteiger partial charge is 0.460 e. The molecule has 3 rings (SSSR count). The minimum absolute atomic E-state index is 0.743. The molecule has 0 aliphatic rings. The molecule has 0 radical (unpaired) electrons. The fraction of sp³-hybridized carbons (Fsp3) is 0.381. The van der Waals surface area contributed by atoms with Crippen molar-refractivity contribution in [3.63, 3.8) is 0 Å². The van der Waals surface area contributed by atoms with E-state index in [2.05, 4.69) is 58.5 Å². The molecule has 5 nitrogen and oxygen atoms in total. The van der Waals surface area contributed by atoms with Crippen molar-refractivity contribution in [2.45, 2.75) is 40.4 Å². The Kier molecular flexibility index (Phi) is 6.26. The van der Waals surface area contributed by atoms with Crippen LogP contribution in [0.25, 0.3) is 11.5 Å². The molecule has 26 heavy (non-hydrogen) atoms. The van der Waals surface area contributed by atoms with Crippen LogP contribution in [0.1, 0.15) is 36.3 Å². The Bertz CT molecular complexity index is 800. The first-order valence-corrected chi connectivity index (χ1v) is 9.29. The van der Waals surface area contributed by atoms with Crippen LogP contribution in [0.15, 0.2) is 47.0 Å². The highest BCUT2D eigenvalue weighted by Gasteiger charge is 2.10. The summed E-state index contributed by atoms with van der Waals surface area (Å²) in [5.41, 5.74) is 4.70. The minimum atomic E-state index is 0.743. The molecule has 0 aliphatic heterocycles. The molecule has 5 heteroatoms. The van der Waals surface area contributed by atoms with Gasteiger partial charge in [0.15, 0.2) is 5.76 Å². The van der Waals surface area contributed by atoms with E-state index in [1.165, 1.54) is 11.1 Å². The molecule has 2 heterocycles. The van der Waals surface area contributed by atoms with Crippen LogP contribution in [-0.2, 0) is 19.6 Å². The summed E-state index contributed by atoms with van der Waals surface area (Å²) in [6.07, 6.45) is 1.85. The zero-order valence-electron chi connectivity index (χ0n) is 15.9. The fourth-order valence-electron chi connectivity index (χ4n) is 3.04. The second kappa shape index (κ2) is 8.83. The van der Waals surface area contributed by atoms with Crippen molar-refractivity contribution in [1.29, 1.82) is 0 Å². The molecule has 2 aromatic heterocycles. The quantitative estimate of drug-likeness (QED) is 0.608. The summed E-state index contributed by atoms with van der Waals surface area (Å²) in [5, 5.41) is 10.7. The van der Waals surface area contributed by atoms with E-state index >= 15 is 0 Å². The van der Waals surface area contributed by atoms with Gasteiger partial charge in [0.05, 0.1) is 6.20 Å². The maximum Gasteiger partial charge on any atom is 0.152 e. The van der Waals surface area contributed by atoms with Gasteiger partial charge in [-0.25, -0.2) is 0 Å². The standard InChI is InChI=1S/C21H28N4O/c1-4-25(5-2)15-18-9-7-17(8-10-18)12-22-13-19-14-23-24-21(19)20-11-6-16(3)26-20/h6-11,14,22H,4-5,12-13,15H2,1-3H3,(H,23,24). The smallest absolute Gasteiger partial charge is 0.152 e. The molecule has 2 N–H and O–H groups in total. The van der Waals surface area contributed by atoms with Crippen LogP contribution >= 0.6 is 0 Å². The average molecular weight is 352 g/mol. The number of nitrogens with zero attached hydrogens (tertiary/aromatic N) is 2. The monoisotopic (exact) mass is 352 g/mol. The Morgan fingerprint density at radius 2 is 1.73 bits per heavy atom. The lowest BCUT2D eigenvalue weighted by molar-refractivity contribution is 0.296. The lowest BCUT2D eigenvalue weighted by Crippen LogP contribution is -2.22. The highest BCUT2D eigenvalue weighted by atomic mass is 16.3. The summed E-state index contributed by atoms with van der Waals surface area (Å²) in [5.74, 6) is 1.73. The van der Waals surface area contributed by atoms with Crippen molar-refractivity contribution in [2.75, 3.05) is 13.1 Å². The maximum atomic E-state index is 5.69. The maximum absolute atomic E-state index is 5.69. The van der Waals surface area contributed by atoms with E-state index in [1.807, 2.05) is 25.3 Å². The van der Waals surface area contributed by atoms with Gasteiger partial charge in [0, 0.05) is 25.2 Å². The molecular formula is C21H28N4O. The Morgan fingerprint density at radius 3 is 2.38 bits per heavy atom. The summed E-state index contributed by atoms with van der Waals surface area (Å²) in [7, 11) is 0. The van der Waals surface area contributed by atoms with Crippen LogP contribution in [-0.4, -0.2) is 28.2 Å². The number of H-pyrrole nitrogens is 1. The van der Waals surface area contributed by atoms with E-state index in [1.54, 1.807) is 0 Å². The average Bonchev–Trinajstić information content (AvgIpc) is 3.29. The van der Waals surface area contributed by atoms with Crippen molar-refractivity contribution < 1.29 is 4.42 Å². The molecule has 0 unspecified atom stereocenters. The van der Waals surface area contributed by atoms with Crippen molar-refractivity contribution in [1.82, 2.24) is 20.4 Å². The van der Waals surface area contributed by atoms with Crippen LogP contribution in [0.4, 0.5) is 0 Å². The predicted octanol–water partition coefficient (Wildman–Crippen LogP) is 4.11.